The Morgan fingerprint density at radius 1 is 1.00 bits per heavy atom. The van der Waals surface area contributed by atoms with E-state index in [2.05, 4.69) is 44.9 Å². The minimum atomic E-state index is 0.897. The molecular weight excluding hydrogens is 320 g/mol. The monoisotopic (exact) mass is 340 g/mol. The van der Waals surface area contributed by atoms with Gasteiger partial charge in [-0.25, -0.2) is 9.97 Å². The van der Waals surface area contributed by atoms with Crippen LogP contribution in [0.25, 0.3) is 10.2 Å². The molecule has 1 aliphatic rings. The SMILES string of the molecule is COc1ccc(N2CCN(c3ncnc4sc(C)cc34)CC2)cc1. The highest BCUT2D eigenvalue weighted by Gasteiger charge is 2.20. The Bertz CT molecular complexity index is 838. The van der Waals surface area contributed by atoms with E-state index >= 15 is 0 Å². The van der Waals surface area contributed by atoms with Gasteiger partial charge in [0.05, 0.1) is 12.5 Å². The van der Waals surface area contributed by atoms with E-state index in [-0.39, 0.29) is 0 Å². The number of aryl methyl sites for hydroxylation is 1. The van der Waals surface area contributed by atoms with E-state index in [9.17, 15) is 0 Å². The molecule has 0 N–H and O–H groups in total. The molecule has 24 heavy (non-hydrogen) atoms. The summed E-state index contributed by atoms with van der Waals surface area (Å²) in [5.74, 6) is 1.97. The van der Waals surface area contributed by atoms with E-state index in [4.69, 9.17) is 4.74 Å². The lowest BCUT2D eigenvalue weighted by Crippen LogP contribution is -2.46. The summed E-state index contributed by atoms with van der Waals surface area (Å²) < 4.78 is 5.23. The molecule has 3 aromatic rings. The lowest BCUT2D eigenvalue weighted by atomic mass is 10.2. The van der Waals surface area contributed by atoms with Crippen molar-refractivity contribution in [2.24, 2.45) is 0 Å². The molecule has 2 aromatic heterocycles. The molecule has 1 saturated heterocycles. The van der Waals surface area contributed by atoms with Crippen LogP contribution in [-0.4, -0.2) is 43.3 Å². The highest BCUT2D eigenvalue weighted by atomic mass is 32.1. The zero-order valence-corrected chi connectivity index (χ0v) is 14.7. The van der Waals surface area contributed by atoms with Crippen molar-refractivity contribution in [3.63, 3.8) is 0 Å². The third kappa shape index (κ3) is 2.78. The van der Waals surface area contributed by atoms with Crippen molar-refractivity contribution in [2.75, 3.05) is 43.1 Å². The summed E-state index contributed by atoms with van der Waals surface area (Å²) >= 11 is 1.73. The standard InChI is InChI=1S/C18H20N4OS/c1-13-11-16-17(19-12-20-18(16)24-13)22-9-7-21(8-10-22)14-3-5-15(23-2)6-4-14/h3-6,11-12H,7-10H2,1-2H3. The van der Waals surface area contributed by atoms with Gasteiger partial charge in [-0.2, -0.15) is 0 Å². The summed E-state index contributed by atoms with van der Waals surface area (Å²) in [5.41, 5.74) is 1.25. The van der Waals surface area contributed by atoms with Gasteiger partial charge >= 0.3 is 0 Å². The van der Waals surface area contributed by atoms with Crippen molar-refractivity contribution in [3.05, 3.63) is 41.5 Å². The van der Waals surface area contributed by atoms with Gasteiger partial charge in [-0.05, 0) is 37.3 Å². The molecule has 6 heteroatoms. The van der Waals surface area contributed by atoms with Gasteiger partial charge in [0.25, 0.3) is 0 Å². The second kappa shape index (κ2) is 6.28. The smallest absolute Gasteiger partial charge is 0.140 e. The Kier molecular flexibility index (Phi) is 3.98. The summed E-state index contributed by atoms with van der Waals surface area (Å²) in [5, 5.41) is 1.18. The fourth-order valence-electron chi connectivity index (χ4n) is 3.19. The molecule has 0 saturated carbocycles. The highest BCUT2D eigenvalue weighted by Crippen LogP contribution is 2.30. The van der Waals surface area contributed by atoms with Crippen molar-refractivity contribution in [1.82, 2.24) is 9.97 Å². The van der Waals surface area contributed by atoms with Gasteiger partial charge in [-0.3, -0.25) is 0 Å². The summed E-state index contributed by atoms with van der Waals surface area (Å²) in [4.78, 5) is 16.1. The fraction of sp³-hybridized carbons (Fsp3) is 0.333. The van der Waals surface area contributed by atoms with Crippen LogP contribution in [0.3, 0.4) is 0 Å². The summed E-state index contributed by atoms with van der Waals surface area (Å²) in [6.45, 7) is 6.03. The average molecular weight is 340 g/mol. The first-order valence-electron chi connectivity index (χ1n) is 8.10. The number of thiophene rings is 1. The number of piperazine rings is 1. The van der Waals surface area contributed by atoms with Crippen molar-refractivity contribution in [3.8, 4) is 5.75 Å². The van der Waals surface area contributed by atoms with E-state index in [0.29, 0.717) is 0 Å². The number of rotatable bonds is 3. The van der Waals surface area contributed by atoms with Gasteiger partial charge in [0.15, 0.2) is 0 Å². The molecule has 3 heterocycles. The molecule has 1 aromatic carbocycles. The number of ether oxygens (including phenoxy) is 1. The lowest BCUT2D eigenvalue weighted by Gasteiger charge is -2.37. The van der Waals surface area contributed by atoms with Crippen LogP contribution in [0.5, 0.6) is 5.75 Å². The second-order valence-corrected chi connectivity index (χ2v) is 7.18. The molecule has 0 spiro atoms. The molecule has 5 nitrogen and oxygen atoms in total. The van der Waals surface area contributed by atoms with Crippen LogP contribution < -0.4 is 14.5 Å². The molecule has 124 valence electrons. The van der Waals surface area contributed by atoms with Gasteiger partial charge in [-0.15, -0.1) is 11.3 Å². The molecular formula is C18H20N4OS. The van der Waals surface area contributed by atoms with Crippen LogP contribution in [0.2, 0.25) is 0 Å². The summed E-state index contributed by atoms with van der Waals surface area (Å²) in [7, 11) is 1.70. The highest BCUT2D eigenvalue weighted by molar-refractivity contribution is 7.18. The zero-order chi connectivity index (χ0) is 16.5. The van der Waals surface area contributed by atoms with Gasteiger partial charge in [0, 0.05) is 36.7 Å². The number of aromatic nitrogens is 2. The number of anilines is 2. The van der Waals surface area contributed by atoms with Crippen LogP contribution in [0.4, 0.5) is 11.5 Å². The maximum Gasteiger partial charge on any atom is 0.140 e. The molecule has 0 radical (unpaired) electrons. The predicted molar refractivity (Wildman–Crippen MR) is 99.6 cm³/mol. The largest absolute Gasteiger partial charge is 0.497 e. The first-order valence-corrected chi connectivity index (χ1v) is 8.91. The number of nitrogens with zero attached hydrogens (tertiary/aromatic N) is 4. The predicted octanol–water partition coefficient (Wildman–Crippen LogP) is 3.33. The van der Waals surface area contributed by atoms with Crippen LogP contribution in [0, 0.1) is 6.92 Å². The van der Waals surface area contributed by atoms with E-state index in [1.807, 2.05) is 12.1 Å². The van der Waals surface area contributed by atoms with Crippen LogP contribution in [0.15, 0.2) is 36.7 Å². The normalized spacial score (nSPS) is 15.1. The Morgan fingerprint density at radius 3 is 2.42 bits per heavy atom. The van der Waals surface area contributed by atoms with Crippen LogP contribution in [-0.2, 0) is 0 Å². The minimum Gasteiger partial charge on any atom is -0.497 e. The third-order valence-corrected chi connectivity index (χ3v) is 5.41. The summed E-state index contributed by atoms with van der Waals surface area (Å²) in [6.07, 6.45) is 1.68. The maximum atomic E-state index is 5.23. The average Bonchev–Trinajstić information content (AvgIpc) is 3.02. The number of fused-ring (bicyclic) bond motifs is 1. The van der Waals surface area contributed by atoms with E-state index < -0.39 is 0 Å². The topological polar surface area (TPSA) is 41.5 Å². The van der Waals surface area contributed by atoms with Crippen LogP contribution >= 0.6 is 11.3 Å². The van der Waals surface area contributed by atoms with Crippen molar-refractivity contribution >= 4 is 33.1 Å². The fourth-order valence-corrected chi connectivity index (χ4v) is 4.03. The summed E-state index contributed by atoms with van der Waals surface area (Å²) in [6, 6.07) is 10.5. The minimum absolute atomic E-state index is 0.897. The molecule has 0 amide bonds. The van der Waals surface area contributed by atoms with E-state index in [0.717, 1.165) is 42.6 Å². The Hall–Kier alpha value is -2.34. The molecule has 0 atom stereocenters. The van der Waals surface area contributed by atoms with Gasteiger partial charge in [-0.1, -0.05) is 0 Å². The number of hydrogen-bond acceptors (Lipinski definition) is 6. The van der Waals surface area contributed by atoms with E-state index in [1.165, 1.54) is 16.0 Å². The Morgan fingerprint density at radius 2 is 1.71 bits per heavy atom. The first-order chi connectivity index (χ1) is 11.7. The van der Waals surface area contributed by atoms with Crippen molar-refractivity contribution in [1.29, 1.82) is 0 Å². The van der Waals surface area contributed by atoms with Gasteiger partial charge in [0.2, 0.25) is 0 Å². The van der Waals surface area contributed by atoms with Gasteiger partial charge < -0.3 is 14.5 Å². The molecule has 0 unspecified atom stereocenters. The Balaban J connectivity index is 1.50. The quantitative estimate of drug-likeness (QED) is 0.731. The van der Waals surface area contributed by atoms with Crippen LogP contribution in [0.1, 0.15) is 4.88 Å². The lowest BCUT2D eigenvalue weighted by molar-refractivity contribution is 0.415. The molecule has 0 aliphatic carbocycles. The second-order valence-electron chi connectivity index (χ2n) is 5.95. The molecule has 4 rings (SSSR count). The number of methoxy groups -OCH3 is 1. The van der Waals surface area contributed by atoms with Gasteiger partial charge in [0.1, 0.15) is 22.7 Å². The maximum absolute atomic E-state index is 5.23. The van der Waals surface area contributed by atoms with Crippen molar-refractivity contribution < 1.29 is 4.74 Å². The van der Waals surface area contributed by atoms with Crippen molar-refractivity contribution in [2.45, 2.75) is 6.92 Å². The molecule has 1 aliphatic heterocycles. The number of benzene rings is 1. The zero-order valence-electron chi connectivity index (χ0n) is 13.9. The third-order valence-electron chi connectivity index (χ3n) is 4.45. The molecule has 1 fully saturated rings. The number of hydrogen-bond donors (Lipinski definition) is 0. The first kappa shape index (κ1) is 15.2. The Labute approximate surface area is 145 Å². The molecule has 0 bridgehead atoms. The van der Waals surface area contributed by atoms with E-state index in [1.54, 1.807) is 24.8 Å².